The van der Waals surface area contributed by atoms with Gasteiger partial charge in [0.15, 0.2) is 0 Å². The molecule has 0 aromatic heterocycles. The van der Waals surface area contributed by atoms with Crippen molar-refractivity contribution in [2.24, 2.45) is 0 Å². The molecule has 1 N–H and O–H groups in total. The second kappa shape index (κ2) is 7.67. The van der Waals surface area contributed by atoms with E-state index in [1.165, 1.54) is 27.1 Å². The van der Waals surface area contributed by atoms with Gasteiger partial charge in [-0.15, -0.1) is 11.8 Å². The molecule has 2 rings (SSSR count). The number of benzene rings is 2. The average molecular weight is 299 g/mol. The van der Waals surface area contributed by atoms with Crippen LogP contribution < -0.4 is 5.32 Å². The summed E-state index contributed by atoms with van der Waals surface area (Å²) in [4.78, 5) is 1.38. The summed E-state index contributed by atoms with van der Waals surface area (Å²) in [6, 6.07) is 16.0. The van der Waals surface area contributed by atoms with Crippen LogP contribution >= 0.6 is 11.8 Å². The molecular weight excluding hydrogens is 274 g/mol. The van der Waals surface area contributed by atoms with Crippen molar-refractivity contribution in [2.75, 3.05) is 0 Å². The molecule has 0 saturated carbocycles. The minimum absolute atomic E-state index is 0.514. The number of hydrogen-bond acceptors (Lipinski definition) is 2. The Morgan fingerprint density at radius 2 is 1.76 bits per heavy atom. The molecule has 0 aliphatic carbocycles. The molecular formula is C19H25NS. The van der Waals surface area contributed by atoms with Gasteiger partial charge in [0.05, 0.1) is 0 Å². The van der Waals surface area contributed by atoms with Gasteiger partial charge in [-0.1, -0.05) is 61.4 Å². The van der Waals surface area contributed by atoms with Gasteiger partial charge in [0.2, 0.25) is 0 Å². The third-order valence-electron chi connectivity index (χ3n) is 3.39. The molecule has 0 aliphatic heterocycles. The molecule has 1 nitrogen and oxygen atoms in total. The minimum atomic E-state index is 0.514. The summed E-state index contributed by atoms with van der Waals surface area (Å²) in [7, 11) is 0. The Morgan fingerprint density at radius 3 is 2.48 bits per heavy atom. The average Bonchev–Trinajstić information content (AvgIpc) is 2.44. The Balaban J connectivity index is 2.08. The molecule has 0 radical (unpaired) electrons. The third-order valence-corrected chi connectivity index (χ3v) is 4.58. The van der Waals surface area contributed by atoms with Gasteiger partial charge in [-0.05, 0) is 31.0 Å². The highest BCUT2D eigenvalue weighted by molar-refractivity contribution is 7.98. The monoisotopic (exact) mass is 299 g/mol. The van der Waals surface area contributed by atoms with Crippen LogP contribution in [-0.2, 0) is 12.3 Å². The molecule has 0 unspecified atom stereocenters. The lowest BCUT2D eigenvalue weighted by molar-refractivity contribution is 0.584. The van der Waals surface area contributed by atoms with Gasteiger partial charge in [-0.25, -0.2) is 0 Å². The summed E-state index contributed by atoms with van der Waals surface area (Å²) < 4.78 is 0. The van der Waals surface area contributed by atoms with Crippen molar-refractivity contribution in [2.45, 2.75) is 50.9 Å². The summed E-state index contributed by atoms with van der Waals surface area (Å²) in [5.41, 5.74) is 5.46. The Hall–Kier alpha value is -1.25. The van der Waals surface area contributed by atoms with Gasteiger partial charge < -0.3 is 5.32 Å². The molecule has 0 fully saturated rings. The Labute approximate surface area is 133 Å². The first-order valence-electron chi connectivity index (χ1n) is 7.56. The molecule has 2 aromatic carbocycles. The van der Waals surface area contributed by atoms with Crippen LogP contribution in [0.15, 0.2) is 47.4 Å². The smallest absolute Gasteiger partial charge is 0.0232 e. The van der Waals surface area contributed by atoms with Gasteiger partial charge in [0, 0.05) is 23.2 Å². The maximum atomic E-state index is 3.52. The number of aryl methyl sites for hydroxylation is 2. The number of rotatable bonds is 6. The molecule has 2 aromatic rings. The predicted molar refractivity (Wildman–Crippen MR) is 93.9 cm³/mol. The second-order valence-electron chi connectivity index (χ2n) is 5.92. The Morgan fingerprint density at radius 1 is 1.00 bits per heavy atom. The zero-order chi connectivity index (χ0) is 15.2. The zero-order valence-electron chi connectivity index (χ0n) is 13.4. The van der Waals surface area contributed by atoms with E-state index in [4.69, 9.17) is 0 Å². The molecule has 0 spiro atoms. The van der Waals surface area contributed by atoms with Crippen LogP contribution in [0, 0.1) is 13.8 Å². The lowest BCUT2D eigenvalue weighted by Crippen LogP contribution is -2.22. The van der Waals surface area contributed by atoms with E-state index in [9.17, 15) is 0 Å². The molecule has 0 amide bonds. The first kappa shape index (κ1) is 16.1. The van der Waals surface area contributed by atoms with E-state index in [0.29, 0.717) is 6.04 Å². The van der Waals surface area contributed by atoms with Crippen LogP contribution in [0.2, 0.25) is 0 Å². The van der Waals surface area contributed by atoms with Crippen LogP contribution in [0.3, 0.4) is 0 Å². The number of nitrogens with one attached hydrogen (secondary N) is 1. The van der Waals surface area contributed by atoms with E-state index in [0.717, 1.165) is 12.3 Å². The third kappa shape index (κ3) is 5.22. The van der Waals surface area contributed by atoms with Crippen molar-refractivity contribution in [1.29, 1.82) is 0 Å². The first-order chi connectivity index (χ1) is 10.0. The van der Waals surface area contributed by atoms with Crippen molar-refractivity contribution in [1.82, 2.24) is 5.32 Å². The van der Waals surface area contributed by atoms with E-state index < -0.39 is 0 Å². The predicted octanol–water partition coefficient (Wildman–Crippen LogP) is 5.09. The van der Waals surface area contributed by atoms with Crippen LogP contribution in [-0.4, -0.2) is 6.04 Å². The molecule has 112 valence electrons. The van der Waals surface area contributed by atoms with Gasteiger partial charge in [-0.3, -0.25) is 0 Å². The summed E-state index contributed by atoms with van der Waals surface area (Å²) >= 11 is 1.93. The van der Waals surface area contributed by atoms with E-state index >= 15 is 0 Å². The SMILES string of the molecule is Cc1cccc(CSc2ccc(C)cc2CNC(C)C)c1. The van der Waals surface area contributed by atoms with Gasteiger partial charge in [0.1, 0.15) is 0 Å². The molecule has 0 saturated heterocycles. The van der Waals surface area contributed by atoms with Gasteiger partial charge >= 0.3 is 0 Å². The highest BCUT2D eigenvalue weighted by Crippen LogP contribution is 2.27. The van der Waals surface area contributed by atoms with E-state index in [1.54, 1.807) is 0 Å². The fraction of sp³-hybridized carbons (Fsp3) is 0.368. The lowest BCUT2D eigenvalue weighted by atomic mass is 10.1. The van der Waals surface area contributed by atoms with Gasteiger partial charge in [-0.2, -0.15) is 0 Å². The minimum Gasteiger partial charge on any atom is -0.310 e. The standard InChI is InChI=1S/C19H25NS/c1-14(2)20-12-18-11-16(4)8-9-19(18)21-13-17-7-5-6-15(3)10-17/h5-11,14,20H,12-13H2,1-4H3. The number of thioether (sulfide) groups is 1. The second-order valence-corrected chi connectivity index (χ2v) is 6.94. The summed E-state index contributed by atoms with van der Waals surface area (Å²) in [6.45, 7) is 9.63. The lowest BCUT2D eigenvalue weighted by Gasteiger charge is -2.13. The first-order valence-corrected chi connectivity index (χ1v) is 8.54. The Bertz CT molecular complexity index is 590. The van der Waals surface area contributed by atoms with E-state index in [2.05, 4.69) is 75.5 Å². The van der Waals surface area contributed by atoms with Crippen molar-refractivity contribution >= 4 is 11.8 Å². The summed E-state index contributed by atoms with van der Waals surface area (Å²) in [5, 5.41) is 3.52. The fourth-order valence-electron chi connectivity index (χ4n) is 2.26. The van der Waals surface area contributed by atoms with Gasteiger partial charge in [0.25, 0.3) is 0 Å². The molecule has 0 aliphatic rings. The van der Waals surface area contributed by atoms with Crippen LogP contribution in [0.1, 0.15) is 36.1 Å². The number of hydrogen-bond donors (Lipinski definition) is 1. The van der Waals surface area contributed by atoms with Crippen molar-refractivity contribution in [3.8, 4) is 0 Å². The summed E-state index contributed by atoms with van der Waals surface area (Å²) in [6.07, 6.45) is 0. The fourth-order valence-corrected chi connectivity index (χ4v) is 3.25. The van der Waals surface area contributed by atoms with Crippen LogP contribution in [0.5, 0.6) is 0 Å². The topological polar surface area (TPSA) is 12.0 Å². The van der Waals surface area contributed by atoms with E-state index in [1.807, 2.05) is 11.8 Å². The van der Waals surface area contributed by atoms with Crippen molar-refractivity contribution < 1.29 is 0 Å². The normalized spacial score (nSPS) is 11.1. The van der Waals surface area contributed by atoms with Crippen molar-refractivity contribution in [3.63, 3.8) is 0 Å². The summed E-state index contributed by atoms with van der Waals surface area (Å²) in [5.74, 6) is 1.03. The maximum absolute atomic E-state index is 3.52. The van der Waals surface area contributed by atoms with E-state index in [-0.39, 0.29) is 0 Å². The molecule has 0 bridgehead atoms. The quantitative estimate of drug-likeness (QED) is 0.745. The molecule has 2 heteroatoms. The highest BCUT2D eigenvalue weighted by atomic mass is 32.2. The highest BCUT2D eigenvalue weighted by Gasteiger charge is 2.05. The largest absolute Gasteiger partial charge is 0.310 e. The molecule has 0 heterocycles. The molecule has 0 atom stereocenters. The molecule has 21 heavy (non-hydrogen) atoms. The van der Waals surface area contributed by atoms with Crippen molar-refractivity contribution in [3.05, 3.63) is 64.7 Å². The maximum Gasteiger partial charge on any atom is 0.0232 e. The van der Waals surface area contributed by atoms with Crippen LogP contribution in [0.4, 0.5) is 0 Å². The zero-order valence-corrected chi connectivity index (χ0v) is 14.3. The Kier molecular flexibility index (Phi) is 5.89. The van der Waals surface area contributed by atoms with Crippen LogP contribution in [0.25, 0.3) is 0 Å².